The van der Waals surface area contributed by atoms with Crippen molar-refractivity contribution in [2.24, 2.45) is 23.2 Å². The highest BCUT2D eigenvalue weighted by molar-refractivity contribution is 5.68. The van der Waals surface area contributed by atoms with E-state index in [9.17, 15) is 4.79 Å². The van der Waals surface area contributed by atoms with Gasteiger partial charge in [-0.3, -0.25) is 4.79 Å². The predicted octanol–water partition coefficient (Wildman–Crippen LogP) is 4.70. The van der Waals surface area contributed by atoms with E-state index in [1.54, 1.807) is 5.57 Å². The van der Waals surface area contributed by atoms with E-state index in [-0.39, 0.29) is 11.9 Å². The molecule has 0 aromatic heterocycles. The van der Waals surface area contributed by atoms with Crippen molar-refractivity contribution in [3.63, 3.8) is 0 Å². The summed E-state index contributed by atoms with van der Waals surface area (Å²) < 4.78 is 5.55. The number of esters is 1. The van der Waals surface area contributed by atoms with E-state index in [4.69, 9.17) is 4.74 Å². The molecule has 0 aromatic carbocycles. The summed E-state index contributed by atoms with van der Waals surface area (Å²) in [6.45, 7) is 3.97. The quantitative estimate of drug-likeness (QED) is 0.655. The average molecular weight is 296 g/mol. The van der Waals surface area contributed by atoms with Gasteiger partial charge in [0.1, 0.15) is 5.76 Å². The summed E-state index contributed by atoms with van der Waals surface area (Å²) in [7, 11) is 0. The Hall–Kier alpha value is -1.57. The number of fused-ring (bicyclic) bond motifs is 5. The molecule has 0 N–H and O–H groups in total. The first-order valence-electron chi connectivity index (χ1n) is 8.57. The van der Waals surface area contributed by atoms with Crippen molar-refractivity contribution in [2.45, 2.75) is 46.0 Å². The summed E-state index contributed by atoms with van der Waals surface area (Å²) in [4.78, 5) is 11.5. The standard InChI is InChI=1S/C20H24O2/c1-13(21)22-18-7-3-5-14-8-9-15-16(19(14)18)10-12-20(2)11-4-6-17(15)20/h3,5,7-9,16-17,19H,4,6,10-12H2,1-2H3/t16-,17-,19-,20-/m0/s1. The molecular weight excluding hydrogens is 272 g/mol. The van der Waals surface area contributed by atoms with Crippen LogP contribution in [0.2, 0.25) is 0 Å². The average Bonchev–Trinajstić information content (AvgIpc) is 2.88. The van der Waals surface area contributed by atoms with Crippen molar-refractivity contribution in [1.82, 2.24) is 0 Å². The lowest BCUT2D eigenvalue weighted by molar-refractivity contribution is -0.137. The van der Waals surface area contributed by atoms with E-state index in [1.165, 1.54) is 44.6 Å². The SMILES string of the molecule is CC(=O)OC1=CC=CC2=CC=C3[C@H](CC[C@]4(C)CCC[C@@H]34)[C@H]21. The number of carbonyl (C=O) groups excluding carboxylic acids is 1. The van der Waals surface area contributed by atoms with E-state index in [0.29, 0.717) is 11.3 Å². The number of hydrogen-bond donors (Lipinski definition) is 0. The zero-order valence-electron chi connectivity index (χ0n) is 13.5. The van der Waals surface area contributed by atoms with Crippen LogP contribution in [-0.2, 0) is 9.53 Å². The van der Waals surface area contributed by atoms with Gasteiger partial charge >= 0.3 is 5.97 Å². The molecule has 0 saturated heterocycles. The van der Waals surface area contributed by atoms with E-state index < -0.39 is 0 Å². The number of allylic oxidation sites excluding steroid dienone is 7. The molecule has 2 nitrogen and oxygen atoms in total. The van der Waals surface area contributed by atoms with Crippen LogP contribution in [0.25, 0.3) is 0 Å². The zero-order chi connectivity index (χ0) is 15.3. The molecule has 0 amide bonds. The molecule has 2 fully saturated rings. The second-order valence-electron chi connectivity index (χ2n) is 7.58. The Morgan fingerprint density at radius 1 is 1.23 bits per heavy atom. The van der Waals surface area contributed by atoms with E-state index >= 15 is 0 Å². The molecule has 0 aromatic rings. The van der Waals surface area contributed by atoms with Gasteiger partial charge in [0.05, 0.1) is 0 Å². The number of rotatable bonds is 1. The summed E-state index contributed by atoms with van der Waals surface area (Å²) in [6, 6.07) is 0. The minimum atomic E-state index is -0.210. The van der Waals surface area contributed by atoms with Gasteiger partial charge in [-0.15, -0.1) is 0 Å². The molecule has 0 unspecified atom stereocenters. The molecular formula is C20H24O2. The maximum absolute atomic E-state index is 11.5. The van der Waals surface area contributed by atoms with Crippen molar-refractivity contribution in [3.8, 4) is 0 Å². The molecule has 4 aliphatic carbocycles. The first-order valence-corrected chi connectivity index (χ1v) is 8.57. The topological polar surface area (TPSA) is 26.3 Å². The summed E-state index contributed by atoms with van der Waals surface area (Å²) in [5.74, 6) is 2.14. The first-order chi connectivity index (χ1) is 10.6. The van der Waals surface area contributed by atoms with Gasteiger partial charge in [0, 0.05) is 12.8 Å². The lowest BCUT2D eigenvalue weighted by Gasteiger charge is -2.47. The van der Waals surface area contributed by atoms with Gasteiger partial charge in [0.25, 0.3) is 0 Å². The Kier molecular flexibility index (Phi) is 3.18. The van der Waals surface area contributed by atoms with Gasteiger partial charge < -0.3 is 4.74 Å². The summed E-state index contributed by atoms with van der Waals surface area (Å²) in [5.41, 5.74) is 3.42. The summed E-state index contributed by atoms with van der Waals surface area (Å²) >= 11 is 0. The molecule has 2 saturated carbocycles. The van der Waals surface area contributed by atoms with Crippen LogP contribution in [0, 0.1) is 23.2 Å². The van der Waals surface area contributed by atoms with Gasteiger partial charge in [0.2, 0.25) is 0 Å². The van der Waals surface area contributed by atoms with Crippen molar-refractivity contribution in [2.75, 3.05) is 0 Å². The molecule has 4 aliphatic rings. The minimum Gasteiger partial charge on any atom is -0.431 e. The van der Waals surface area contributed by atoms with Crippen LogP contribution in [0.4, 0.5) is 0 Å². The van der Waals surface area contributed by atoms with Crippen molar-refractivity contribution < 1.29 is 9.53 Å². The zero-order valence-corrected chi connectivity index (χ0v) is 13.5. The molecule has 0 aliphatic heterocycles. The molecule has 0 bridgehead atoms. The Bertz CT molecular complexity index is 634. The molecule has 116 valence electrons. The molecule has 0 radical (unpaired) electrons. The first kappa shape index (κ1) is 14.0. The van der Waals surface area contributed by atoms with Crippen LogP contribution in [0.5, 0.6) is 0 Å². The second-order valence-corrected chi connectivity index (χ2v) is 7.58. The van der Waals surface area contributed by atoms with E-state index in [1.807, 2.05) is 12.2 Å². The normalized spacial score (nSPS) is 39.0. The second kappa shape index (κ2) is 4.97. The van der Waals surface area contributed by atoms with Crippen LogP contribution in [0.3, 0.4) is 0 Å². The number of ether oxygens (including phenoxy) is 1. The highest BCUT2D eigenvalue weighted by atomic mass is 16.5. The lowest BCUT2D eigenvalue weighted by Crippen LogP contribution is -2.38. The fourth-order valence-corrected chi connectivity index (χ4v) is 5.28. The lowest BCUT2D eigenvalue weighted by atomic mass is 9.58. The third-order valence-corrected chi connectivity index (χ3v) is 6.29. The summed E-state index contributed by atoms with van der Waals surface area (Å²) in [5, 5.41) is 0. The third kappa shape index (κ3) is 2.04. The maximum atomic E-state index is 11.5. The number of carbonyl (C=O) groups is 1. The van der Waals surface area contributed by atoms with Crippen LogP contribution >= 0.6 is 0 Å². The van der Waals surface area contributed by atoms with Crippen molar-refractivity contribution >= 4 is 5.97 Å². The van der Waals surface area contributed by atoms with Crippen LogP contribution < -0.4 is 0 Å². The highest BCUT2D eigenvalue weighted by Crippen LogP contribution is 2.59. The molecule has 2 heteroatoms. The van der Waals surface area contributed by atoms with Gasteiger partial charge in [-0.05, 0) is 54.6 Å². The monoisotopic (exact) mass is 296 g/mol. The smallest absolute Gasteiger partial charge is 0.307 e. The van der Waals surface area contributed by atoms with Crippen LogP contribution in [0.1, 0.15) is 46.0 Å². The van der Waals surface area contributed by atoms with E-state index in [0.717, 1.165) is 11.7 Å². The predicted molar refractivity (Wildman–Crippen MR) is 86.8 cm³/mol. The van der Waals surface area contributed by atoms with Gasteiger partial charge in [0.15, 0.2) is 0 Å². The Morgan fingerprint density at radius 3 is 2.91 bits per heavy atom. The van der Waals surface area contributed by atoms with Crippen LogP contribution in [0.15, 0.2) is 47.3 Å². The maximum Gasteiger partial charge on any atom is 0.307 e. The molecule has 0 heterocycles. The Labute approximate surface area is 132 Å². The molecule has 0 spiro atoms. The highest BCUT2D eigenvalue weighted by Gasteiger charge is 2.49. The minimum absolute atomic E-state index is 0.210. The van der Waals surface area contributed by atoms with Gasteiger partial charge in [-0.2, -0.15) is 0 Å². The summed E-state index contributed by atoms with van der Waals surface area (Å²) in [6.07, 6.45) is 17.4. The Balaban J connectivity index is 1.71. The van der Waals surface area contributed by atoms with E-state index in [2.05, 4.69) is 25.2 Å². The molecule has 22 heavy (non-hydrogen) atoms. The molecule has 4 rings (SSSR count). The van der Waals surface area contributed by atoms with Crippen LogP contribution in [-0.4, -0.2) is 5.97 Å². The van der Waals surface area contributed by atoms with Crippen molar-refractivity contribution in [3.05, 3.63) is 47.3 Å². The Morgan fingerprint density at radius 2 is 2.09 bits per heavy atom. The third-order valence-electron chi connectivity index (χ3n) is 6.29. The van der Waals surface area contributed by atoms with Crippen molar-refractivity contribution in [1.29, 1.82) is 0 Å². The number of hydrogen-bond acceptors (Lipinski definition) is 2. The fraction of sp³-hybridized carbons (Fsp3) is 0.550. The fourth-order valence-electron chi connectivity index (χ4n) is 5.28. The van der Waals surface area contributed by atoms with Gasteiger partial charge in [-0.1, -0.05) is 43.2 Å². The largest absolute Gasteiger partial charge is 0.431 e. The van der Waals surface area contributed by atoms with Gasteiger partial charge in [-0.25, -0.2) is 0 Å². The molecule has 4 atom stereocenters.